The van der Waals surface area contributed by atoms with Gasteiger partial charge in [0.1, 0.15) is 0 Å². The molecule has 1 aromatic heterocycles. The number of carbonyl (C=O) groups is 2. The smallest absolute Gasteiger partial charge is 0.298 e. The third-order valence-electron chi connectivity index (χ3n) is 2.32. The van der Waals surface area contributed by atoms with Crippen molar-refractivity contribution in [3.05, 3.63) is 47.0 Å². The Balaban J connectivity index is 2.12. The van der Waals surface area contributed by atoms with E-state index in [0.29, 0.717) is 5.13 Å². The highest BCUT2D eigenvalue weighted by Gasteiger charge is 2.39. The number of nitrogens with zero attached hydrogens (tertiary/aromatic N) is 1. The van der Waals surface area contributed by atoms with Crippen LogP contribution in [0.15, 0.2) is 35.8 Å². The van der Waals surface area contributed by atoms with Crippen molar-refractivity contribution >= 4 is 28.2 Å². The van der Waals surface area contributed by atoms with Crippen LogP contribution in [0.1, 0.15) is 20.7 Å². The zero-order chi connectivity index (χ0) is 14.8. The SMILES string of the molecule is O=C(Nc1nccs1)c1ccc(C(=O)C(F)(F)F)cc1. The molecule has 0 spiro atoms. The van der Waals surface area contributed by atoms with Crippen molar-refractivity contribution in [2.45, 2.75) is 6.18 Å². The van der Waals surface area contributed by atoms with Crippen LogP contribution in [0.4, 0.5) is 18.3 Å². The molecule has 4 nitrogen and oxygen atoms in total. The zero-order valence-electron chi connectivity index (χ0n) is 9.77. The maximum absolute atomic E-state index is 12.2. The van der Waals surface area contributed by atoms with Gasteiger partial charge < -0.3 is 0 Å². The number of aromatic nitrogens is 1. The molecule has 0 saturated heterocycles. The van der Waals surface area contributed by atoms with Crippen LogP contribution < -0.4 is 5.32 Å². The monoisotopic (exact) mass is 300 g/mol. The molecular weight excluding hydrogens is 293 g/mol. The number of benzene rings is 1. The number of rotatable bonds is 3. The fourth-order valence-corrected chi connectivity index (χ4v) is 1.92. The third kappa shape index (κ3) is 3.21. The number of hydrogen-bond donors (Lipinski definition) is 1. The second-order valence-electron chi connectivity index (χ2n) is 3.70. The summed E-state index contributed by atoms with van der Waals surface area (Å²) < 4.78 is 36.6. The Kier molecular flexibility index (Phi) is 3.84. The lowest BCUT2D eigenvalue weighted by molar-refractivity contribution is -0.0885. The van der Waals surface area contributed by atoms with E-state index in [1.807, 2.05) is 0 Å². The maximum atomic E-state index is 12.2. The maximum Gasteiger partial charge on any atom is 0.454 e. The molecule has 0 unspecified atom stereocenters. The molecule has 1 N–H and O–H groups in total. The summed E-state index contributed by atoms with van der Waals surface area (Å²) in [5.74, 6) is -2.45. The van der Waals surface area contributed by atoms with Crippen molar-refractivity contribution < 1.29 is 22.8 Å². The topological polar surface area (TPSA) is 59.1 Å². The third-order valence-corrected chi connectivity index (χ3v) is 3.01. The molecule has 2 aromatic rings. The number of amides is 1. The Morgan fingerprint density at radius 2 is 1.70 bits per heavy atom. The van der Waals surface area contributed by atoms with E-state index in [4.69, 9.17) is 0 Å². The van der Waals surface area contributed by atoms with Gasteiger partial charge in [-0.05, 0) is 12.1 Å². The summed E-state index contributed by atoms with van der Waals surface area (Å²) in [5, 5.41) is 4.53. The summed E-state index contributed by atoms with van der Waals surface area (Å²) in [6.45, 7) is 0. The van der Waals surface area contributed by atoms with Crippen LogP contribution in [0, 0.1) is 0 Å². The molecule has 0 fully saturated rings. The summed E-state index contributed by atoms with van der Waals surface area (Å²) in [7, 11) is 0. The van der Waals surface area contributed by atoms with Gasteiger partial charge in [0.15, 0.2) is 5.13 Å². The molecule has 104 valence electrons. The van der Waals surface area contributed by atoms with E-state index in [0.717, 1.165) is 24.3 Å². The molecule has 1 amide bonds. The van der Waals surface area contributed by atoms with Crippen molar-refractivity contribution in [2.75, 3.05) is 5.32 Å². The largest absolute Gasteiger partial charge is 0.454 e. The van der Waals surface area contributed by atoms with Crippen molar-refractivity contribution in [3.8, 4) is 0 Å². The number of nitrogens with one attached hydrogen (secondary N) is 1. The van der Waals surface area contributed by atoms with Gasteiger partial charge in [-0.15, -0.1) is 11.3 Å². The Labute approximate surface area is 115 Å². The summed E-state index contributed by atoms with van der Waals surface area (Å²) in [6.07, 6.45) is -3.42. The van der Waals surface area contributed by atoms with Crippen molar-refractivity contribution in [2.24, 2.45) is 0 Å². The Morgan fingerprint density at radius 1 is 1.10 bits per heavy atom. The molecule has 0 atom stereocenters. The molecule has 0 aliphatic heterocycles. The minimum absolute atomic E-state index is 0.138. The van der Waals surface area contributed by atoms with E-state index in [1.165, 1.54) is 17.5 Å². The van der Waals surface area contributed by atoms with E-state index in [1.54, 1.807) is 5.38 Å². The van der Waals surface area contributed by atoms with Crippen LogP contribution in [0.5, 0.6) is 0 Å². The molecule has 0 bridgehead atoms. The van der Waals surface area contributed by atoms with E-state index in [-0.39, 0.29) is 5.56 Å². The molecule has 2 rings (SSSR count). The van der Waals surface area contributed by atoms with Crippen LogP contribution >= 0.6 is 11.3 Å². The summed E-state index contributed by atoms with van der Waals surface area (Å²) in [4.78, 5) is 26.6. The first kappa shape index (κ1) is 14.2. The Hall–Kier alpha value is -2.22. The van der Waals surface area contributed by atoms with Crippen molar-refractivity contribution in [1.29, 1.82) is 0 Å². The van der Waals surface area contributed by atoms with Gasteiger partial charge in [0.2, 0.25) is 0 Å². The predicted octanol–water partition coefficient (Wildman–Crippen LogP) is 3.14. The fourth-order valence-electron chi connectivity index (χ4n) is 1.39. The lowest BCUT2D eigenvalue weighted by Crippen LogP contribution is -2.22. The second kappa shape index (κ2) is 5.41. The first-order valence-corrected chi connectivity index (χ1v) is 6.18. The van der Waals surface area contributed by atoms with Gasteiger partial charge in [0.25, 0.3) is 11.7 Å². The van der Waals surface area contributed by atoms with Crippen LogP contribution in [0.25, 0.3) is 0 Å². The van der Waals surface area contributed by atoms with E-state index >= 15 is 0 Å². The number of alkyl halides is 3. The fraction of sp³-hybridized carbons (Fsp3) is 0.0833. The molecule has 8 heteroatoms. The van der Waals surface area contributed by atoms with Crippen LogP contribution in [-0.2, 0) is 0 Å². The van der Waals surface area contributed by atoms with Gasteiger partial charge >= 0.3 is 6.18 Å². The molecule has 20 heavy (non-hydrogen) atoms. The van der Waals surface area contributed by atoms with Gasteiger partial charge in [-0.3, -0.25) is 14.9 Å². The molecule has 1 heterocycles. The van der Waals surface area contributed by atoms with Crippen LogP contribution in [0.2, 0.25) is 0 Å². The standard InChI is InChI=1S/C12H7F3N2O2S/c13-12(14,15)9(18)7-1-3-8(4-2-7)10(19)17-11-16-5-6-20-11/h1-6H,(H,16,17,19). The normalized spacial score (nSPS) is 11.2. The quantitative estimate of drug-likeness (QED) is 0.886. The number of carbonyl (C=O) groups excluding carboxylic acids is 2. The lowest BCUT2D eigenvalue weighted by Gasteiger charge is -2.06. The highest BCUT2D eigenvalue weighted by atomic mass is 32.1. The second-order valence-corrected chi connectivity index (χ2v) is 4.59. The minimum Gasteiger partial charge on any atom is -0.298 e. The first-order valence-electron chi connectivity index (χ1n) is 5.30. The number of thiazole rings is 1. The minimum atomic E-state index is -4.93. The van der Waals surface area contributed by atoms with Gasteiger partial charge in [-0.2, -0.15) is 13.2 Å². The number of anilines is 1. The average molecular weight is 300 g/mol. The van der Waals surface area contributed by atoms with Gasteiger partial charge in [-0.1, -0.05) is 12.1 Å². The summed E-state index contributed by atoms with van der Waals surface area (Å²) >= 11 is 1.21. The average Bonchev–Trinajstić information content (AvgIpc) is 2.90. The molecule has 1 aromatic carbocycles. The summed E-state index contributed by atoms with van der Waals surface area (Å²) in [5.41, 5.74) is -0.373. The van der Waals surface area contributed by atoms with E-state index < -0.39 is 23.4 Å². The molecule has 0 aliphatic carbocycles. The lowest BCUT2D eigenvalue weighted by atomic mass is 10.1. The number of Topliss-reactive ketones (excluding diaryl/α,β-unsaturated/α-hetero) is 1. The highest BCUT2D eigenvalue weighted by molar-refractivity contribution is 7.13. The predicted molar refractivity (Wildman–Crippen MR) is 66.9 cm³/mol. The van der Waals surface area contributed by atoms with E-state index in [9.17, 15) is 22.8 Å². The van der Waals surface area contributed by atoms with E-state index in [2.05, 4.69) is 10.3 Å². The number of ketones is 1. The Bertz CT molecular complexity index is 621. The molecular formula is C12H7F3N2O2S. The first-order chi connectivity index (χ1) is 9.38. The number of hydrogen-bond acceptors (Lipinski definition) is 4. The molecule has 0 aliphatic rings. The van der Waals surface area contributed by atoms with Crippen molar-refractivity contribution in [3.63, 3.8) is 0 Å². The molecule has 0 saturated carbocycles. The zero-order valence-corrected chi connectivity index (χ0v) is 10.6. The van der Waals surface area contributed by atoms with Gasteiger partial charge in [-0.25, -0.2) is 4.98 Å². The van der Waals surface area contributed by atoms with Crippen LogP contribution in [0.3, 0.4) is 0 Å². The van der Waals surface area contributed by atoms with Crippen molar-refractivity contribution in [1.82, 2.24) is 4.98 Å². The number of halogens is 3. The van der Waals surface area contributed by atoms with Gasteiger partial charge in [0, 0.05) is 22.7 Å². The highest BCUT2D eigenvalue weighted by Crippen LogP contribution is 2.21. The van der Waals surface area contributed by atoms with Gasteiger partial charge in [0.05, 0.1) is 0 Å². The van der Waals surface area contributed by atoms with Crippen LogP contribution in [-0.4, -0.2) is 22.9 Å². The molecule has 0 radical (unpaired) electrons. The summed E-state index contributed by atoms with van der Waals surface area (Å²) in [6, 6.07) is 4.24. The Morgan fingerprint density at radius 3 is 2.20 bits per heavy atom.